The zero-order valence-electron chi connectivity index (χ0n) is 15.8. The van der Waals surface area contributed by atoms with E-state index in [9.17, 15) is 14.4 Å². The number of aromatic nitrogens is 3. The lowest BCUT2D eigenvalue weighted by atomic mass is 10.2. The molecule has 1 aliphatic heterocycles. The molecule has 1 saturated heterocycles. The van der Waals surface area contributed by atoms with Gasteiger partial charge in [0.2, 0.25) is 0 Å². The van der Waals surface area contributed by atoms with Crippen LogP contribution in [-0.4, -0.2) is 56.4 Å². The average molecular weight is 411 g/mol. The van der Waals surface area contributed by atoms with Gasteiger partial charge in [0.05, 0.1) is 10.9 Å². The number of rotatable bonds is 4. The predicted octanol–water partition coefficient (Wildman–Crippen LogP) is 1.44. The van der Waals surface area contributed by atoms with E-state index in [2.05, 4.69) is 32.4 Å². The van der Waals surface area contributed by atoms with Crippen LogP contribution in [0, 0.1) is 0 Å². The van der Waals surface area contributed by atoms with Crippen LogP contribution in [0.3, 0.4) is 0 Å². The van der Waals surface area contributed by atoms with Gasteiger partial charge >= 0.3 is 5.69 Å². The van der Waals surface area contributed by atoms with Gasteiger partial charge in [0.25, 0.3) is 11.5 Å². The molecule has 0 bridgehead atoms. The number of hydrogen-bond donors (Lipinski definition) is 1. The maximum Gasteiger partial charge on any atom is 0.330 e. The fourth-order valence-electron chi connectivity index (χ4n) is 3.84. The van der Waals surface area contributed by atoms with Gasteiger partial charge in [-0.15, -0.1) is 11.3 Å². The first-order chi connectivity index (χ1) is 14.1. The molecule has 3 aromatic heterocycles. The smallest absolute Gasteiger partial charge is 0.330 e. The molecule has 2 aliphatic rings. The van der Waals surface area contributed by atoms with Gasteiger partial charge in [-0.2, -0.15) is 0 Å². The number of piperazine rings is 1. The zero-order valence-corrected chi connectivity index (χ0v) is 16.7. The van der Waals surface area contributed by atoms with E-state index in [1.807, 2.05) is 0 Å². The molecule has 9 heteroatoms. The highest BCUT2D eigenvalue weighted by molar-refractivity contribution is 7.09. The van der Waals surface area contributed by atoms with Gasteiger partial charge in [0.15, 0.2) is 0 Å². The maximum atomic E-state index is 13.0. The molecule has 5 rings (SSSR count). The Morgan fingerprint density at radius 2 is 2.00 bits per heavy atom. The maximum absolute atomic E-state index is 13.0. The molecule has 1 saturated carbocycles. The molecule has 1 amide bonds. The van der Waals surface area contributed by atoms with E-state index >= 15 is 0 Å². The zero-order chi connectivity index (χ0) is 20.0. The van der Waals surface area contributed by atoms with E-state index in [0.717, 1.165) is 32.5 Å². The minimum Gasteiger partial charge on any atom is -0.336 e. The third-order valence-corrected chi connectivity index (χ3v) is 6.42. The summed E-state index contributed by atoms with van der Waals surface area (Å²) in [6.45, 7) is 3.81. The highest BCUT2D eigenvalue weighted by Gasteiger charge is 2.28. The second kappa shape index (κ2) is 7.23. The molecule has 2 fully saturated rings. The Kier molecular flexibility index (Phi) is 4.56. The van der Waals surface area contributed by atoms with E-state index in [0.29, 0.717) is 29.7 Å². The van der Waals surface area contributed by atoms with Crippen LogP contribution in [0.2, 0.25) is 0 Å². The number of pyridine rings is 1. The van der Waals surface area contributed by atoms with Gasteiger partial charge in [-0.1, -0.05) is 6.07 Å². The Bertz CT molecular complexity index is 1170. The molecule has 8 nitrogen and oxygen atoms in total. The Morgan fingerprint density at radius 3 is 2.69 bits per heavy atom. The first-order valence-corrected chi connectivity index (χ1v) is 10.7. The summed E-state index contributed by atoms with van der Waals surface area (Å²) in [6.07, 6.45) is 3.29. The van der Waals surface area contributed by atoms with Crippen LogP contribution in [0.25, 0.3) is 11.0 Å². The molecule has 0 radical (unpaired) electrons. The van der Waals surface area contributed by atoms with Crippen LogP contribution in [0.1, 0.15) is 34.1 Å². The van der Waals surface area contributed by atoms with Crippen molar-refractivity contribution in [2.45, 2.75) is 25.4 Å². The van der Waals surface area contributed by atoms with Crippen molar-refractivity contribution in [3.05, 3.63) is 61.1 Å². The van der Waals surface area contributed by atoms with Gasteiger partial charge in [-0.05, 0) is 30.4 Å². The van der Waals surface area contributed by atoms with Crippen molar-refractivity contribution in [2.24, 2.45) is 0 Å². The van der Waals surface area contributed by atoms with Gasteiger partial charge in [-0.3, -0.25) is 24.0 Å². The largest absolute Gasteiger partial charge is 0.336 e. The second-order valence-electron chi connectivity index (χ2n) is 7.60. The Labute approximate surface area is 170 Å². The SMILES string of the molecule is O=C(c1cnc2c(c1)c(=O)[nH]c(=O)n2C1CC1)N1CCN(Cc2cccs2)CC1. The Balaban J connectivity index is 1.35. The number of carbonyl (C=O) groups excluding carboxylic acids is 1. The van der Waals surface area contributed by atoms with Crippen molar-refractivity contribution in [3.63, 3.8) is 0 Å². The van der Waals surface area contributed by atoms with Crippen LogP contribution in [-0.2, 0) is 6.54 Å². The van der Waals surface area contributed by atoms with Crippen LogP contribution in [0.4, 0.5) is 0 Å². The summed E-state index contributed by atoms with van der Waals surface area (Å²) in [5.41, 5.74) is -0.183. The van der Waals surface area contributed by atoms with Crippen molar-refractivity contribution in [3.8, 4) is 0 Å². The Morgan fingerprint density at radius 1 is 1.21 bits per heavy atom. The van der Waals surface area contributed by atoms with Crippen molar-refractivity contribution < 1.29 is 4.79 Å². The molecule has 0 spiro atoms. The van der Waals surface area contributed by atoms with Gasteiger partial charge < -0.3 is 4.90 Å². The van der Waals surface area contributed by atoms with Crippen molar-refractivity contribution in [2.75, 3.05) is 26.2 Å². The minimum atomic E-state index is -0.496. The van der Waals surface area contributed by atoms with E-state index in [1.54, 1.807) is 22.3 Å². The number of nitrogens with one attached hydrogen (secondary N) is 1. The summed E-state index contributed by atoms with van der Waals surface area (Å²) in [6, 6.07) is 5.84. The summed E-state index contributed by atoms with van der Waals surface area (Å²) < 4.78 is 1.54. The first kappa shape index (κ1) is 18.3. The number of hydrogen-bond acceptors (Lipinski definition) is 6. The summed E-state index contributed by atoms with van der Waals surface area (Å²) in [4.78, 5) is 49.6. The summed E-state index contributed by atoms with van der Waals surface area (Å²) in [7, 11) is 0. The lowest BCUT2D eigenvalue weighted by Crippen LogP contribution is -2.48. The van der Waals surface area contributed by atoms with Gasteiger partial charge in [0, 0.05) is 49.8 Å². The molecular formula is C20H21N5O3S. The predicted molar refractivity (Wildman–Crippen MR) is 110 cm³/mol. The van der Waals surface area contributed by atoms with Crippen molar-refractivity contribution in [1.29, 1.82) is 0 Å². The highest BCUT2D eigenvalue weighted by Crippen LogP contribution is 2.34. The topological polar surface area (TPSA) is 91.3 Å². The van der Waals surface area contributed by atoms with Gasteiger partial charge in [-0.25, -0.2) is 9.78 Å². The number of amides is 1. The average Bonchev–Trinajstić information content (AvgIpc) is 3.43. The molecule has 1 N–H and O–H groups in total. The first-order valence-electron chi connectivity index (χ1n) is 9.79. The second-order valence-corrected chi connectivity index (χ2v) is 8.64. The molecular weight excluding hydrogens is 390 g/mol. The van der Waals surface area contributed by atoms with Gasteiger partial charge in [0.1, 0.15) is 5.65 Å². The standard InChI is InChI=1S/C20H21N5O3S/c26-18-16-10-13(11-21-17(16)25(14-3-4-14)20(28)22-18)19(27)24-7-5-23(6-8-24)12-15-2-1-9-29-15/h1-2,9-11,14H,3-8,12H2,(H,22,26,28). The van der Waals surface area contributed by atoms with E-state index < -0.39 is 11.2 Å². The third-order valence-electron chi connectivity index (χ3n) is 5.56. The number of carbonyl (C=O) groups is 1. The molecule has 150 valence electrons. The fourth-order valence-corrected chi connectivity index (χ4v) is 4.59. The van der Waals surface area contributed by atoms with E-state index in [-0.39, 0.29) is 11.9 Å². The molecule has 0 aromatic carbocycles. The van der Waals surface area contributed by atoms with Crippen molar-refractivity contribution in [1.82, 2.24) is 24.3 Å². The number of H-pyrrole nitrogens is 1. The molecule has 3 aromatic rings. The van der Waals surface area contributed by atoms with Crippen LogP contribution in [0.5, 0.6) is 0 Å². The molecule has 4 heterocycles. The number of thiophene rings is 1. The summed E-state index contributed by atoms with van der Waals surface area (Å²) >= 11 is 1.74. The quantitative estimate of drug-likeness (QED) is 0.702. The minimum absolute atomic E-state index is 0.0901. The van der Waals surface area contributed by atoms with E-state index in [1.165, 1.54) is 15.6 Å². The van der Waals surface area contributed by atoms with E-state index in [4.69, 9.17) is 0 Å². The third kappa shape index (κ3) is 3.51. The molecule has 29 heavy (non-hydrogen) atoms. The summed E-state index contributed by atoms with van der Waals surface area (Å²) in [5.74, 6) is -0.126. The summed E-state index contributed by atoms with van der Waals surface area (Å²) in [5, 5.41) is 2.37. The van der Waals surface area contributed by atoms with Crippen LogP contribution in [0.15, 0.2) is 39.4 Å². The molecule has 0 unspecified atom stereocenters. The highest BCUT2D eigenvalue weighted by atomic mass is 32.1. The van der Waals surface area contributed by atoms with Crippen LogP contribution < -0.4 is 11.2 Å². The van der Waals surface area contributed by atoms with Crippen molar-refractivity contribution >= 4 is 28.3 Å². The monoisotopic (exact) mass is 411 g/mol. The normalized spacial score (nSPS) is 17.7. The Hall–Kier alpha value is -2.78. The number of aromatic amines is 1. The lowest BCUT2D eigenvalue weighted by molar-refractivity contribution is 0.0629. The number of nitrogens with zero attached hydrogens (tertiary/aromatic N) is 4. The number of fused-ring (bicyclic) bond motifs is 1. The molecule has 0 atom stereocenters. The van der Waals surface area contributed by atoms with Crippen LogP contribution >= 0.6 is 11.3 Å². The fraction of sp³-hybridized carbons (Fsp3) is 0.400. The molecule has 1 aliphatic carbocycles. The lowest BCUT2D eigenvalue weighted by Gasteiger charge is -2.34.